The molecule has 3 nitrogen and oxygen atoms in total. The summed E-state index contributed by atoms with van der Waals surface area (Å²) in [6, 6.07) is 0. The molecule has 0 fully saturated rings. The number of alkyl halides is 1. The Kier molecular flexibility index (Phi) is 28.3. The average molecular weight is 427 g/mol. The molecule has 1 radical (unpaired) electrons. The smallest absolute Gasteiger partial charge is 0.0794 e. The van der Waals surface area contributed by atoms with Crippen molar-refractivity contribution in [2.45, 2.75) is 19.8 Å². The standard InChI is InChI=1S/C8H16BrO2.C4H5NS.CH3.Y/c1-2-3-5-10-7-8-11-6-4-9;1-4-2-5-3-6-4;;/h1-8H2;2-3H,1H3;1H3;/q-1;;-1;. The molecule has 0 aliphatic rings. The monoisotopic (exact) mass is 426 g/mol. The fourth-order valence-corrected chi connectivity index (χ4v) is 1.50. The van der Waals surface area contributed by atoms with E-state index in [1.807, 2.05) is 18.6 Å². The van der Waals surface area contributed by atoms with Gasteiger partial charge in [0.25, 0.3) is 0 Å². The molecule has 0 saturated carbocycles. The van der Waals surface area contributed by atoms with Crippen molar-refractivity contribution < 1.29 is 42.2 Å². The molecule has 0 unspecified atom stereocenters. The summed E-state index contributed by atoms with van der Waals surface area (Å²) in [5.41, 5.74) is 1.83. The minimum atomic E-state index is 0. The maximum absolute atomic E-state index is 5.24. The van der Waals surface area contributed by atoms with Crippen LogP contribution in [0.3, 0.4) is 0 Å². The topological polar surface area (TPSA) is 31.4 Å². The molecular formula is C13H24BrNO2SY-2. The van der Waals surface area contributed by atoms with Gasteiger partial charge in [-0.2, -0.15) is 6.42 Å². The molecule has 1 aromatic rings. The van der Waals surface area contributed by atoms with Gasteiger partial charge < -0.3 is 23.8 Å². The molecule has 0 bridgehead atoms. The number of unbranched alkanes of at least 4 members (excludes halogenated alkanes) is 1. The van der Waals surface area contributed by atoms with Crippen LogP contribution >= 0.6 is 27.3 Å². The van der Waals surface area contributed by atoms with E-state index in [1.165, 1.54) is 4.88 Å². The zero-order valence-electron chi connectivity index (χ0n) is 11.9. The Morgan fingerprint density at radius 1 is 1.26 bits per heavy atom. The molecule has 111 valence electrons. The van der Waals surface area contributed by atoms with Crippen LogP contribution in [-0.2, 0) is 42.2 Å². The average Bonchev–Trinajstić information content (AvgIpc) is 2.80. The second-order valence-corrected chi connectivity index (χ2v) is 5.12. The molecule has 0 atom stereocenters. The van der Waals surface area contributed by atoms with Gasteiger partial charge in [0.15, 0.2) is 0 Å². The van der Waals surface area contributed by atoms with E-state index in [9.17, 15) is 0 Å². The van der Waals surface area contributed by atoms with Gasteiger partial charge in [-0.25, -0.2) is 0 Å². The van der Waals surface area contributed by atoms with Gasteiger partial charge in [0.1, 0.15) is 0 Å². The van der Waals surface area contributed by atoms with Crippen molar-refractivity contribution in [1.82, 2.24) is 4.98 Å². The molecule has 1 aromatic heterocycles. The maximum Gasteiger partial charge on any atom is 0.0794 e. The number of ether oxygens (including phenoxy) is 2. The predicted octanol–water partition coefficient (Wildman–Crippen LogP) is 3.93. The van der Waals surface area contributed by atoms with Crippen LogP contribution in [0.15, 0.2) is 11.7 Å². The fraction of sp³-hybridized carbons (Fsp3) is 0.615. The van der Waals surface area contributed by atoms with E-state index in [-0.39, 0.29) is 40.1 Å². The quantitative estimate of drug-likeness (QED) is 0.358. The number of hydrogen-bond donors (Lipinski definition) is 0. The zero-order valence-corrected chi connectivity index (χ0v) is 17.2. The van der Waals surface area contributed by atoms with Crippen molar-refractivity contribution in [2.24, 2.45) is 0 Å². The molecule has 0 amide bonds. The third-order valence-electron chi connectivity index (χ3n) is 1.69. The molecular weight excluding hydrogens is 403 g/mol. The van der Waals surface area contributed by atoms with Crippen LogP contribution in [0.2, 0.25) is 0 Å². The van der Waals surface area contributed by atoms with E-state index in [2.05, 4.69) is 27.8 Å². The van der Waals surface area contributed by atoms with Crippen molar-refractivity contribution in [2.75, 3.05) is 31.8 Å². The molecule has 1 heterocycles. The van der Waals surface area contributed by atoms with Gasteiger partial charge in [0.05, 0.1) is 25.3 Å². The van der Waals surface area contributed by atoms with Crippen LogP contribution < -0.4 is 0 Å². The number of thiazole rings is 1. The van der Waals surface area contributed by atoms with Crippen LogP contribution in [0.25, 0.3) is 0 Å². The van der Waals surface area contributed by atoms with Crippen LogP contribution in [0, 0.1) is 21.3 Å². The molecule has 6 heteroatoms. The van der Waals surface area contributed by atoms with Gasteiger partial charge in [-0.15, -0.1) is 11.3 Å². The molecule has 0 aromatic carbocycles. The molecule has 1 rings (SSSR count). The van der Waals surface area contributed by atoms with Crippen LogP contribution in [0.1, 0.15) is 17.7 Å². The number of nitrogens with zero attached hydrogens (tertiary/aromatic N) is 1. The maximum atomic E-state index is 5.24. The van der Waals surface area contributed by atoms with Gasteiger partial charge in [0.2, 0.25) is 0 Å². The van der Waals surface area contributed by atoms with Gasteiger partial charge in [-0.3, -0.25) is 4.98 Å². The Morgan fingerprint density at radius 3 is 2.26 bits per heavy atom. The van der Waals surface area contributed by atoms with E-state index in [0.29, 0.717) is 13.2 Å². The molecule has 0 spiro atoms. The van der Waals surface area contributed by atoms with Crippen LogP contribution in [0.4, 0.5) is 0 Å². The normalized spacial score (nSPS) is 8.79. The van der Waals surface area contributed by atoms with E-state index >= 15 is 0 Å². The minimum absolute atomic E-state index is 0. The van der Waals surface area contributed by atoms with Crippen molar-refractivity contribution in [3.8, 4) is 0 Å². The molecule has 0 aliphatic carbocycles. The van der Waals surface area contributed by atoms with Gasteiger partial charge in [-0.1, -0.05) is 22.4 Å². The predicted molar refractivity (Wildman–Crippen MR) is 83.3 cm³/mol. The molecule has 0 N–H and O–H groups in total. The number of rotatable bonds is 8. The summed E-state index contributed by atoms with van der Waals surface area (Å²) >= 11 is 4.94. The fourth-order valence-electron chi connectivity index (χ4n) is 0.860. The second kappa shape index (κ2) is 21.4. The Hall–Kier alpha value is 1.13. The first-order chi connectivity index (χ1) is 8.31. The summed E-state index contributed by atoms with van der Waals surface area (Å²) < 4.78 is 10.4. The zero-order chi connectivity index (χ0) is 12.8. The van der Waals surface area contributed by atoms with Crippen LogP contribution in [0.5, 0.6) is 0 Å². The molecule has 0 saturated heterocycles. The number of hydrogen-bond acceptors (Lipinski definition) is 4. The van der Waals surface area contributed by atoms with Crippen molar-refractivity contribution in [1.29, 1.82) is 0 Å². The van der Waals surface area contributed by atoms with Crippen molar-refractivity contribution in [3.05, 3.63) is 30.9 Å². The number of aryl methyl sites for hydroxylation is 1. The number of halogens is 1. The van der Waals surface area contributed by atoms with Gasteiger partial charge in [-0.05, 0) is 6.92 Å². The van der Waals surface area contributed by atoms with E-state index in [0.717, 1.165) is 31.4 Å². The third-order valence-corrected chi connectivity index (χ3v) is 2.72. The summed E-state index contributed by atoms with van der Waals surface area (Å²) in [5, 5.41) is 0.895. The van der Waals surface area contributed by atoms with E-state index in [1.54, 1.807) is 11.3 Å². The van der Waals surface area contributed by atoms with E-state index in [4.69, 9.17) is 9.47 Å². The van der Waals surface area contributed by atoms with Gasteiger partial charge in [0, 0.05) is 55.7 Å². The van der Waals surface area contributed by atoms with Crippen molar-refractivity contribution in [3.63, 3.8) is 0 Å². The van der Waals surface area contributed by atoms with Crippen LogP contribution in [-0.4, -0.2) is 36.7 Å². The molecule has 0 aliphatic heterocycles. The second-order valence-electron chi connectivity index (χ2n) is 3.23. The minimum Gasteiger partial charge on any atom is -0.379 e. The Bertz CT molecular complexity index is 231. The van der Waals surface area contributed by atoms with Crippen molar-refractivity contribution >= 4 is 27.3 Å². The van der Waals surface area contributed by atoms with E-state index < -0.39 is 0 Å². The number of aromatic nitrogens is 1. The summed E-state index contributed by atoms with van der Waals surface area (Å²) in [5.74, 6) is 0. The Labute approximate surface area is 155 Å². The van der Waals surface area contributed by atoms with Gasteiger partial charge >= 0.3 is 0 Å². The Balaban J connectivity index is -0.000000274. The largest absolute Gasteiger partial charge is 0.379 e. The first kappa shape index (κ1) is 25.1. The third kappa shape index (κ3) is 21.6. The summed E-state index contributed by atoms with van der Waals surface area (Å²) in [6.45, 7) is 8.72. The first-order valence-electron chi connectivity index (χ1n) is 5.67. The molecule has 19 heavy (non-hydrogen) atoms. The summed E-state index contributed by atoms with van der Waals surface area (Å²) in [4.78, 5) is 5.11. The summed E-state index contributed by atoms with van der Waals surface area (Å²) in [7, 11) is 0. The summed E-state index contributed by atoms with van der Waals surface area (Å²) in [6.07, 6.45) is 3.84. The first-order valence-corrected chi connectivity index (χ1v) is 7.67. The Morgan fingerprint density at radius 2 is 1.89 bits per heavy atom. The SMILES string of the molecule is Cc1cncs1.[CH2-]CCCOCCOCCBr.[CH3-].[Y].